The lowest BCUT2D eigenvalue weighted by Crippen LogP contribution is -2.55. The Balaban J connectivity index is 1.19. The quantitative estimate of drug-likeness (QED) is 0.0902. The molecule has 2 amide bonds. The standard InChI is InChI=1S/C28H22N6O8S2/c29-28-30-18(15-44-28)24(31-40-13-22(36)41-23-8-4-10-39-23)26(37)32-42-27(38)25-17(14-43-21-11-20(35)34(21)25)12-33-9-3-6-16-5-1-2-7-19(16)33/h1-10,15,21H,11-14H2,(H2-,29,30,32,37)/p+1/b31-24-/t21-/m0/s1. The lowest BCUT2D eigenvalue weighted by molar-refractivity contribution is -0.663. The van der Waals surface area contributed by atoms with E-state index in [1.165, 1.54) is 28.7 Å². The van der Waals surface area contributed by atoms with E-state index in [1.54, 1.807) is 11.8 Å². The number of nitrogen functional groups attached to an aromatic ring is 1. The number of oxime groups is 1. The van der Waals surface area contributed by atoms with Crippen molar-refractivity contribution in [3.8, 4) is 5.95 Å². The summed E-state index contributed by atoms with van der Waals surface area (Å²) in [7, 11) is 0. The highest BCUT2D eigenvalue weighted by atomic mass is 32.2. The van der Waals surface area contributed by atoms with Crippen LogP contribution in [0, 0.1) is 0 Å². The molecule has 16 heteroatoms. The van der Waals surface area contributed by atoms with Gasteiger partial charge in [0.25, 0.3) is 5.95 Å². The topological polar surface area (TPSA) is 180 Å². The molecule has 0 saturated carbocycles. The molecular formula is C28H23N6O8S2+. The number of hydroxylamine groups is 1. The van der Waals surface area contributed by atoms with Gasteiger partial charge in [-0.1, -0.05) is 17.3 Å². The average Bonchev–Trinajstić information content (AvgIpc) is 3.69. The number of fused-ring (bicyclic) bond motifs is 2. The number of rotatable bonds is 9. The van der Waals surface area contributed by atoms with Gasteiger partial charge in [-0.2, -0.15) is 10.0 Å². The van der Waals surface area contributed by atoms with E-state index in [1.807, 2.05) is 47.2 Å². The first kappa shape index (κ1) is 28.9. The van der Waals surface area contributed by atoms with Gasteiger partial charge in [0.15, 0.2) is 23.6 Å². The molecule has 5 heterocycles. The zero-order valence-corrected chi connectivity index (χ0v) is 24.3. The molecule has 0 aliphatic carbocycles. The van der Waals surface area contributed by atoms with Gasteiger partial charge in [-0.3, -0.25) is 14.5 Å². The highest BCUT2D eigenvalue weighted by molar-refractivity contribution is 8.00. The van der Waals surface area contributed by atoms with Gasteiger partial charge in [0.2, 0.25) is 18.0 Å². The molecule has 44 heavy (non-hydrogen) atoms. The Labute approximate surface area is 257 Å². The van der Waals surface area contributed by atoms with E-state index in [0.29, 0.717) is 24.3 Å². The third-order valence-electron chi connectivity index (χ3n) is 6.54. The van der Waals surface area contributed by atoms with E-state index >= 15 is 0 Å². The molecule has 0 spiro atoms. The van der Waals surface area contributed by atoms with Crippen LogP contribution in [0.4, 0.5) is 5.13 Å². The average molecular weight is 636 g/mol. The zero-order chi connectivity index (χ0) is 30.6. The minimum absolute atomic E-state index is 0.0137. The Kier molecular flexibility index (Phi) is 8.25. The summed E-state index contributed by atoms with van der Waals surface area (Å²) >= 11 is 2.58. The van der Waals surface area contributed by atoms with E-state index in [2.05, 4.69) is 15.6 Å². The van der Waals surface area contributed by atoms with Crippen molar-refractivity contribution in [1.29, 1.82) is 0 Å². The number of furan rings is 1. The van der Waals surface area contributed by atoms with Crippen molar-refractivity contribution in [3.05, 3.63) is 83.3 Å². The lowest BCUT2D eigenvalue weighted by Gasteiger charge is -2.43. The summed E-state index contributed by atoms with van der Waals surface area (Å²) in [5.41, 5.74) is 9.03. The highest BCUT2D eigenvalue weighted by Gasteiger charge is 2.46. The number of hydrogen-bond donors (Lipinski definition) is 2. The molecule has 3 aromatic heterocycles. The molecule has 4 aromatic rings. The molecule has 1 atom stereocenters. The summed E-state index contributed by atoms with van der Waals surface area (Å²) in [4.78, 5) is 66.7. The van der Waals surface area contributed by atoms with Crippen molar-refractivity contribution < 1.29 is 42.6 Å². The molecule has 1 fully saturated rings. The largest absolute Gasteiger partial charge is 0.434 e. The van der Waals surface area contributed by atoms with Crippen LogP contribution in [-0.2, 0) is 35.4 Å². The molecule has 224 valence electrons. The SMILES string of the molecule is Nc1nc(/C(=N/OCC(=O)Oc2ccco2)C(=O)NOC(=O)C2=C(C[n+]3cccc4ccccc43)CS[C@H]3CC(=O)N23)cs1. The number of carbonyl (C=O) groups excluding carboxylic acids is 4. The second-order valence-electron chi connectivity index (χ2n) is 9.39. The molecule has 3 N–H and O–H groups in total. The molecule has 1 aromatic carbocycles. The number of ether oxygens (including phenoxy) is 1. The second kappa shape index (κ2) is 12.6. The van der Waals surface area contributed by atoms with Crippen LogP contribution >= 0.6 is 23.1 Å². The maximum atomic E-state index is 13.4. The predicted octanol–water partition coefficient (Wildman–Crippen LogP) is 1.92. The Morgan fingerprint density at radius 1 is 1.18 bits per heavy atom. The van der Waals surface area contributed by atoms with Gasteiger partial charge < -0.3 is 24.6 Å². The number of thiazole rings is 1. The number of thioether (sulfide) groups is 1. The first-order chi connectivity index (χ1) is 21.4. The van der Waals surface area contributed by atoms with Crippen molar-refractivity contribution in [2.24, 2.45) is 5.16 Å². The minimum atomic E-state index is -1.01. The van der Waals surface area contributed by atoms with E-state index < -0.39 is 30.2 Å². The van der Waals surface area contributed by atoms with Crippen molar-refractivity contribution >= 4 is 68.6 Å². The zero-order valence-electron chi connectivity index (χ0n) is 22.7. The first-order valence-electron chi connectivity index (χ1n) is 13.1. The van der Waals surface area contributed by atoms with E-state index in [4.69, 9.17) is 24.6 Å². The predicted molar refractivity (Wildman–Crippen MR) is 156 cm³/mol. The Morgan fingerprint density at radius 3 is 2.80 bits per heavy atom. The van der Waals surface area contributed by atoms with Crippen LogP contribution in [0.3, 0.4) is 0 Å². The third kappa shape index (κ3) is 6.11. The van der Waals surface area contributed by atoms with Crippen molar-refractivity contribution in [3.63, 3.8) is 0 Å². The molecule has 0 unspecified atom stereocenters. The van der Waals surface area contributed by atoms with Crippen molar-refractivity contribution in [2.75, 3.05) is 18.1 Å². The number of benzene rings is 1. The number of nitrogens with one attached hydrogen (secondary N) is 1. The molecular weight excluding hydrogens is 612 g/mol. The summed E-state index contributed by atoms with van der Waals surface area (Å²) in [6.07, 6.45) is 3.51. The van der Waals surface area contributed by atoms with Crippen LogP contribution in [0.5, 0.6) is 5.95 Å². The van der Waals surface area contributed by atoms with Gasteiger partial charge in [0, 0.05) is 40.3 Å². The molecule has 0 radical (unpaired) electrons. The number of carbonyl (C=O) groups is 4. The van der Waals surface area contributed by atoms with Gasteiger partial charge in [0.05, 0.1) is 18.1 Å². The number of pyridine rings is 1. The van der Waals surface area contributed by atoms with Gasteiger partial charge in [-0.05, 0) is 18.2 Å². The molecule has 14 nitrogen and oxygen atoms in total. The normalized spacial score (nSPS) is 16.3. The fourth-order valence-electron chi connectivity index (χ4n) is 4.56. The van der Waals surface area contributed by atoms with E-state index in [-0.39, 0.29) is 33.7 Å². The maximum Gasteiger partial charge on any atom is 0.379 e. The lowest BCUT2D eigenvalue weighted by atomic mass is 10.1. The van der Waals surface area contributed by atoms with Crippen molar-refractivity contribution in [2.45, 2.75) is 18.3 Å². The van der Waals surface area contributed by atoms with Crippen molar-refractivity contribution in [1.82, 2.24) is 15.4 Å². The highest BCUT2D eigenvalue weighted by Crippen LogP contribution is 2.40. The summed E-state index contributed by atoms with van der Waals surface area (Å²) in [5, 5.41) is 6.09. The van der Waals surface area contributed by atoms with Crippen LogP contribution in [0.2, 0.25) is 0 Å². The number of esters is 1. The number of hydrogen-bond acceptors (Lipinski definition) is 13. The van der Waals surface area contributed by atoms with Gasteiger partial charge >= 0.3 is 17.8 Å². The Morgan fingerprint density at radius 2 is 2.02 bits per heavy atom. The van der Waals surface area contributed by atoms with E-state index in [9.17, 15) is 19.2 Å². The number of amides is 2. The number of β-lactam (4-membered cyclic amide) rings is 1. The van der Waals surface area contributed by atoms with Crippen LogP contribution in [-0.4, -0.2) is 57.1 Å². The number of para-hydroxylation sites is 1. The summed E-state index contributed by atoms with van der Waals surface area (Å²) in [6, 6.07) is 14.6. The fourth-order valence-corrected chi connectivity index (χ4v) is 6.36. The smallest absolute Gasteiger partial charge is 0.379 e. The molecule has 2 aliphatic rings. The van der Waals surface area contributed by atoms with Crippen LogP contribution < -0.4 is 20.5 Å². The molecule has 1 saturated heterocycles. The minimum Gasteiger partial charge on any atom is -0.434 e. The van der Waals surface area contributed by atoms with Crippen LogP contribution in [0.1, 0.15) is 12.1 Å². The molecule has 0 bridgehead atoms. The second-order valence-corrected chi connectivity index (χ2v) is 11.4. The maximum absolute atomic E-state index is 13.4. The molecule has 2 aliphatic heterocycles. The number of nitrogens with zero attached hydrogens (tertiary/aromatic N) is 4. The van der Waals surface area contributed by atoms with Gasteiger partial charge in [0.1, 0.15) is 11.4 Å². The fraction of sp³-hybridized carbons (Fsp3) is 0.179. The summed E-state index contributed by atoms with van der Waals surface area (Å²) in [6.45, 7) is -0.356. The first-order valence-corrected chi connectivity index (χ1v) is 15.0. The summed E-state index contributed by atoms with van der Waals surface area (Å²) in [5.74, 6) is -2.57. The monoisotopic (exact) mass is 635 g/mol. The number of anilines is 1. The van der Waals surface area contributed by atoms with Gasteiger partial charge in [-0.15, -0.1) is 23.1 Å². The third-order valence-corrected chi connectivity index (χ3v) is 8.49. The Bertz CT molecular complexity index is 1810. The van der Waals surface area contributed by atoms with E-state index in [0.717, 1.165) is 22.2 Å². The molecule has 6 rings (SSSR count). The number of nitrogens with two attached hydrogens (primary N) is 1. The Hall–Kier alpha value is -5.22. The number of aromatic nitrogens is 2. The summed E-state index contributed by atoms with van der Waals surface area (Å²) < 4.78 is 11.8. The van der Waals surface area contributed by atoms with Crippen LogP contribution in [0.25, 0.3) is 10.9 Å². The van der Waals surface area contributed by atoms with Gasteiger partial charge in [-0.25, -0.2) is 14.6 Å². The van der Waals surface area contributed by atoms with Crippen LogP contribution in [0.15, 0.2) is 87.2 Å².